The molecular weight excluding hydrogens is 424 g/mol. The molecule has 0 fully saturated rings. The van der Waals surface area contributed by atoms with Crippen LogP contribution in [0.5, 0.6) is 0 Å². The number of nitrogens with one attached hydrogen (secondary N) is 1. The van der Waals surface area contributed by atoms with Crippen LogP contribution in [0.2, 0.25) is 5.02 Å². The van der Waals surface area contributed by atoms with Crippen LogP contribution in [-0.4, -0.2) is 26.4 Å². The highest BCUT2D eigenvalue weighted by Crippen LogP contribution is 2.29. The fraction of sp³-hybridized carbons (Fsp3) is 0.286. The summed E-state index contributed by atoms with van der Waals surface area (Å²) in [6.07, 6.45) is 3.98. The van der Waals surface area contributed by atoms with Gasteiger partial charge in [-0.1, -0.05) is 48.8 Å². The third kappa shape index (κ3) is 5.50. The first kappa shape index (κ1) is 21.6. The summed E-state index contributed by atoms with van der Waals surface area (Å²) in [4.78, 5) is 13.8. The molecule has 2 aromatic heterocycles. The van der Waals surface area contributed by atoms with E-state index < -0.39 is 0 Å². The molecule has 2 heterocycles. The third-order valence-electron chi connectivity index (χ3n) is 4.24. The van der Waals surface area contributed by atoms with Gasteiger partial charge in [0, 0.05) is 33.1 Å². The van der Waals surface area contributed by atoms with Crippen LogP contribution >= 0.6 is 34.7 Å². The van der Waals surface area contributed by atoms with Crippen LogP contribution in [0, 0.1) is 6.92 Å². The summed E-state index contributed by atoms with van der Waals surface area (Å²) in [6.45, 7) is 8.52. The minimum absolute atomic E-state index is 0.115. The van der Waals surface area contributed by atoms with Gasteiger partial charge in [-0.2, -0.15) is 0 Å². The number of allylic oxidation sites excluding steroid dienone is 1. The van der Waals surface area contributed by atoms with Crippen LogP contribution in [0.1, 0.15) is 23.8 Å². The van der Waals surface area contributed by atoms with E-state index in [-0.39, 0.29) is 11.7 Å². The SMILES string of the molecule is C=CCn1c(SCC(=O)Nc2cc(Cl)ccc2C)nnc1-c1csc(CCC)c1. The molecule has 152 valence electrons. The van der Waals surface area contributed by atoms with Crippen molar-refractivity contribution in [1.29, 1.82) is 0 Å². The molecule has 1 N–H and O–H groups in total. The van der Waals surface area contributed by atoms with Crippen molar-refractivity contribution in [2.45, 2.75) is 38.4 Å². The number of hydrogen-bond donors (Lipinski definition) is 1. The number of benzene rings is 1. The van der Waals surface area contributed by atoms with E-state index in [1.807, 2.05) is 23.6 Å². The first-order valence-electron chi connectivity index (χ1n) is 9.32. The minimum Gasteiger partial charge on any atom is -0.325 e. The van der Waals surface area contributed by atoms with Gasteiger partial charge in [-0.05, 0) is 37.1 Å². The highest BCUT2D eigenvalue weighted by atomic mass is 35.5. The molecule has 0 saturated carbocycles. The van der Waals surface area contributed by atoms with Crippen molar-refractivity contribution in [3.8, 4) is 11.4 Å². The zero-order chi connectivity index (χ0) is 20.8. The molecule has 0 bridgehead atoms. The molecule has 0 spiro atoms. The van der Waals surface area contributed by atoms with E-state index in [9.17, 15) is 4.79 Å². The fourth-order valence-corrected chi connectivity index (χ4v) is 4.71. The predicted octanol–water partition coefficient (Wildman–Crippen LogP) is 5.84. The van der Waals surface area contributed by atoms with E-state index in [4.69, 9.17) is 11.6 Å². The molecule has 0 unspecified atom stereocenters. The summed E-state index contributed by atoms with van der Waals surface area (Å²) >= 11 is 9.12. The number of anilines is 1. The largest absolute Gasteiger partial charge is 0.325 e. The Morgan fingerprint density at radius 3 is 2.97 bits per heavy atom. The summed E-state index contributed by atoms with van der Waals surface area (Å²) in [5, 5.41) is 15.0. The summed E-state index contributed by atoms with van der Waals surface area (Å²) in [5.74, 6) is 0.916. The van der Waals surface area contributed by atoms with Gasteiger partial charge >= 0.3 is 0 Å². The molecular formula is C21H23ClN4OS2. The molecule has 3 rings (SSSR count). The summed E-state index contributed by atoms with van der Waals surface area (Å²) in [5.41, 5.74) is 2.74. The zero-order valence-electron chi connectivity index (χ0n) is 16.4. The molecule has 3 aromatic rings. The fourth-order valence-electron chi connectivity index (χ4n) is 2.82. The van der Waals surface area contributed by atoms with Crippen LogP contribution < -0.4 is 5.32 Å². The number of thioether (sulfide) groups is 1. The first-order chi connectivity index (χ1) is 14.0. The van der Waals surface area contributed by atoms with Crippen molar-refractivity contribution in [3.05, 3.63) is 57.8 Å². The maximum absolute atomic E-state index is 12.4. The highest BCUT2D eigenvalue weighted by molar-refractivity contribution is 7.99. The number of nitrogens with zero attached hydrogens (tertiary/aromatic N) is 3. The quantitative estimate of drug-likeness (QED) is 0.331. The standard InChI is InChI=1S/C21H23ClN4OS2/c1-4-6-17-10-15(12-28-17)20-24-25-21(26(20)9-5-2)29-13-19(27)23-18-11-16(22)8-7-14(18)3/h5,7-8,10-12H,2,4,6,9,13H2,1,3H3,(H,23,27). The molecule has 0 radical (unpaired) electrons. The number of halogens is 1. The van der Waals surface area contributed by atoms with E-state index in [2.05, 4.69) is 40.5 Å². The first-order valence-corrected chi connectivity index (χ1v) is 11.6. The monoisotopic (exact) mass is 446 g/mol. The van der Waals surface area contributed by atoms with Crippen LogP contribution in [-0.2, 0) is 17.8 Å². The predicted molar refractivity (Wildman–Crippen MR) is 123 cm³/mol. The van der Waals surface area contributed by atoms with Crippen molar-refractivity contribution in [3.63, 3.8) is 0 Å². The van der Waals surface area contributed by atoms with Gasteiger partial charge in [-0.15, -0.1) is 28.1 Å². The van der Waals surface area contributed by atoms with E-state index >= 15 is 0 Å². The summed E-state index contributed by atoms with van der Waals surface area (Å²) < 4.78 is 1.99. The number of thiophene rings is 1. The van der Waals surface area contributed by atoms with Gasteiger partial charge in [0.15, 0.2) is 11.0 Å². The van der Waals surface area contributed by atoms with Crippen molar-refractivity contribution < 1.29 is 4.79 Å². The summed E-state index contributed by atoms with van der Waals surface area (Å²) in [7, 11) is 0. The second kappa shape index (κ2) is 10.1. The van der Waals surface area contributed by atoms with Crippen LogP contribution in [0.15, 0.2) is 47.5 Å². The maximum Gasteiger partial charge on any atom is 0.234 e. The van der Waals surface area contributed by atoms with E-state index in [0.717, 1.165) is 35.5 Å². The highest BCUT2D eigenvalue weighted by Gasteiger charge is 2.16. The van der Waals surface area contributed by atoms with Gasteiger partial charge in [0.2, 0.25) is 5.91 Å². The summed E-state index contributed by atoms with van der Waals surface area (Å²) in [6, 6.07) is 7.60. The van der Waals surface area contributed by atoms with E-state index in [1.54, 1.807) is 23.5 Å². The number of amides is 1. The Bertz CT molecular complexity index is 1010. The smallest absolute Gasteiger partial charge is 0.234 e. The Balaban J connectivity index is 1.71. The van der Waals surface area contributed by atoms with Crippen LogP contribution in [0.25, 0.3) is 11.4 Å². The van der Waals surface area contributed by atoms with Gasteiger partial charge in [-0.3, -0.25) is 9.36 Å². The number of rotatable bonds is 9. The number of aromatic nitrogens is 3. The van der Waals surface area contributed by atoms with E-state index in [1.165, 1.54) is 16.6 Å². The van der Waals surface area contributed by atoms with Crippen molar-refractivity contribution in [1.82, 2.24) is 14.8 Å². The molecule has 0 atom stereocenters. The Labute approximate surface area is 184 Å². The Morgan fingerprint density at radius 1 is 1.38 bits per heavy atom. The Morgan fingerprint density at radius 2 is 2.21 bits per heavy atom. The number of carbonyl (C=O) groups excluding carboxylic acids is 1. The molecule has 0 saturated heterocycles. The Kier molecular flexibility index (Phi) is 7.52. The molecule has 5 nitrogen and oxygen atoms in total. The molecule has 1 aromatic carbocycles. The lowest BCUT2D eigenvalue weighted by atomic mass is 10.2. The molecule has 29 heavy (non-hydrogen) atoms. The molecule has 0 aliphatic heterocycles. The van der Waals surface area contributed by atoms with Gasteiger partial charge in [0.05, 0.1) is 5.75 Å². The molecule has 0 aliphatic rings. The Hall–Kier alpha value is -2.09. The van der Waals surface area contributed by atoms with Gasteiger partial charge in [-0.25, -0.2) is 0 Å². The average molecular weight is 447 g/mol. The van der Waals surface area contributed by atoms with E-state index in [0.29, 0.717) is 16.7 Å². The zero-order valence-corrected chi connectivity index (χ0v) is 18.8. The van der Waals surface area contributed by atoms with Crippen molar-refractivity contribution in [2.24, 2.45) is 0 Å². The lowest BCUT2D eigenvalue weighted by molar-refractivity contribution is -0.113. The lowest BCUT2D eigenvalue weighted by Crippen LogP contribution is -2.15. The normalized spacial score (nSPS) is 10.9. The average Bonchev–Trinajstić information content (AvgIpc) is 3.31. The van der Waals surface area contributed by atoms with Crippen LogP contribution in [0.4, 0.5) is 5.69 Å². The molecule has 8 heteroatoms. The number of carbonyl (C=O) groups is 1. The van der Waals surface area contributed by atoms with Crippen molar-refractivity contribution >= 4 is 46.3 Å². The second-order valence-corrected chi connectivity index (χ2v) is 8.93. The van der Waals surface area contributed by atoms with Gasteiger partial charge < -0.3 is 5.32 Å². The number of aryl methyl sites for hydroxylation is 2. The van der Waals surface area contributed by atoms with Gasteiger partial charge in [0.25, 0.3) is 0 Å². The lowest BCUT2D eigenvalue weighted by Gasteiger charge is -2.09. The van der Waals surface area contributed by atoms with Crippen molar-refractivity contribution in [2.75, 3.05) is 11.1 Å². The van der Waals surface area contributed by atoms with Gasteiger partial charge in [0.1, 0.15) is 0 Å². The third-order valence-corrected chi connectivity index (χ3v) is 6.44. The maximum atomic E-state index is 12.4. The second-order valence-electron chi connectivity index (χ2n) is 6.55. The van der Waals surface area contributed by atoms with Crippen LogP contribution in [0.3, 0.4) is 0 Å². The number of hydrogen-bond acceptors (Lipinski definition) is 5. The molecule has 0 aliphatic carbocycles. The topological polar surface area (TPSA) is 59.8 Å². The molecule has 1 amide bonds. The minimum atomic E-state index is -0.115.